The van der Waals surface area contributed by atoms with Gasteiger partial charge in [0, 0.05) is 54.6 Å². The van der Waals surface area contributed by atoms with Gasteiger partial charge in [-0.05, 0) is 0 Å². The first-order valence-electron chi connectivity index (χ1n) is 9.78. The molecule has 0 aromatic heterocycles. The van der Waals surface area contributed by atoms with Crippen molar-refractivity contribution >= 4 is 36.1 Å². The molecular formula is C24H27Cl2NO6Pd. The van der Waals surface area contributed by atoms with E-state index in [1.165, 1.54) is 0 Å². The molecule has 188 valence electrons. The molecule has 34 heavy (non-hydrogen) atoms. The number of hydrogen-bond donors (Lipinski definition) is 0. The van der Waals surface area contributed by atoms with Crippen molar-refractivity contribution in [1.82, 2.24) is 0 Å². The van der Waals surface area contributed by atoms with Gasteiger partial charge in [-0.15, -0.1) is 0 Å². The van der Waals surface area contributed by atoms with Gasteiger partial charge in [0.2, 0.25) is 0 Å². The third-order valence-electron chi connectivity index (χ3n) is 4.78. The molecule has 0 fully saturated rings. The molecule has 0 aliphatic heterocycles. The van der Waals surface area contributed by atoms with Crippen molar-refractivity contribution in [3.8, 4) is 34.5 Å². The van der Waals surface area contributed by atoms with Gasteiger partial charge in [-0.3, -0.25) is 0 Å². The van der Waals surface area contributed by atoms with E-state index in [4.69, 9.17) is 47.5 Å². The Hall–Kier alpha value is -2.50. The maximum atomic E-state index is 5.49. The molecule has 0 saturated heterocycles. The number of benzene rings is 3. The first kappa shape index (κ1) is 27.7. The van der Waals surface area contributed by atoms with E-state index in [0.717, 1.165) is 17.1 Å². The Kier molecular flexibility index (Phi) is 11.4. The van der Waals surface area contributed by atoms with Crippen molar-refractivity contribution in [3.05, 3.63) is 54.6 Å². The molecule has 0 radical (unpaired) electrons. The molecule has 3 aromatic carbocycles. The van der Waals surface area contributed by atoms with Gasteiger partial charge in [-0.1, -0.05) is 0 Å². The summed E-state index contributed by atoms with van der Waals surface area (Å²) in [5, 5.41) is 0. The summed E-state index contributed by atoms with van der Waals surface area (Å²) >= 11 is -0.106. The molecule has 7 nitrogen and oxygen atoms in total. The summed E-state index contributed by atoms with van der Waals surface area (Å²) < 4.78 is 33.0. The number of methoxy groups -OCH3 is 6. The van der Waals surface area contributed by atoms with Crippen LogP contribution in [0.25, 0.3) is 0 Å². The summed E-state index contributed by atoms with van der Waals surface area (Å²) in [6.07, 6.45) is 0. The normalized spacial score (nSPS) is 10.0. The zero-order valence-electron chi connectivity index (χ0n) is 19.7. The van der Waals surface area contributed by atoms with Crippen LogP contribution in [0.15, 0.2) is 54.6 Å². The molecule has 0 spiro atoms. The third-order valence-corrected chi connectivity index (χ3v) is 4.78. The van der Waals surface area contributed by atoms with Crippen molar-refractivity contribution < 1.29 is 44.4 Å². The molecule has 0 N–H and O–H groups in total. The quantitative estimate of drug-likeness (QED) is 0.256. The number of halogens is 2. The molecule has 3 rings (SSSR count). The summed E-state index contributed by atoms with van der Waals surface area (Å²) in [4.78, 5) is 2.02. The van der Waals surface area contributed by atoms with Crippen LogP contribution in [0, 0.1) is 0 Å². The van der Waals surface area contributed by atoms with E-state index in [0.29, 0.717) is 34.5 Å². The average molecular weight is 603 g/mol. The van der Waals surface area contributed by atoms with E-state index in [2.05, 4.69) is 0 Å². The average Bonchev–Trinajstić information content (AvgIpc) is 2.88. The molecular weight excluding hydrogens is 576 g/mol. The van der Waals surface area contributed by atoms with Crippen LogP contribution >= 0.6 is 19.1 Å². The SMILES string of the molecule is COc1cc(OC)cc(N(c2cc(OC)cc(OC)c2)c2cc(OC)cc(OC)c2)c1.[Cl][Pd][Cl]. The fourth-order valence-corrected chi connectivity index (χ4v) is 3.21. The Balaban J connectivity index is 0.00000129. The molecule has 0 unspecified atom stereocenters. The van der Waals surface area contributed by atoms with E-state index >= 15 is 0 Å². The predicted molar refractivity (Wildman–Crippen MR) is 132 cm³/mol. The molecule has 10 heteroatoms. The Labute approximate surface area is 216 Å². The molecule has 0 saturated carbocycles. The van der Waals surface area contributed by atoms with Gasteiger partial charge in [0.25, 0.3) is 0 Å². The van der Waals surface area contributed by atoms with Crippen molar-refractivity contribution in [2.24, 2.45) is 0 Å². The first-order chi connectivity index (χ1) is 16.5. The van der Waals surface area contributed by atoms with Crippen LogP contribution < -0.4 is 33.3 Å². The van der Waals surface area contributed by atoms with Gasteiger partial charge in [0.15, 0.2) is 0 Å². The number of nitrogens with zero attached hydrogens (tertiary/aromatic N) is 1. The maximum absolute atomic E-state index is 5.49. The van der Waals surface area contributed by atoms with Gasteiger partial charge in [0.1, 0.15) is 34.5 Å². The summed E-state index contributed by atoms with van der Waals surface area (Å²) in [7, 11) is 19.3. The van der Waals surface area contributed by atoms with E-state index < -0.39 is 0 Å². The number of ether oxygens (including phenoxy) is 6. The second-order valence-corrected chi connectivity index (χ2v) is 8.95. The molecule has 0 heterocycles. The zero-order chi connectivity index (χ0) is 25.1. The minimum absolute atomic E-state index is 0.106. The fraction of sp³-hybridized carbons (Fsp3) is 0.250. The van der Waals surface area contributed by atoms with Gasteiger partial charge in [0.05, 0.1) is 59.7 Å². The van der Waals surface area contributed by atoms with Crippen molar-refractivity contribution in [2.45, 2.75) is 0 Å². The first-order valence-corrected chi connectivity index (χ1v) is 13.8. The Bertz CT molecular complexity index is 871. The van der Waals surface area contributed by atoms with Gasteiger partial charge in [-0.25, -0.2) is 0 Å². The van der Waals surface area contributed by atoms with Crippen LogP contribution in [-0.2, 0) is 15.9 Å². The van der Waals surface area contributed by atoms with Crippen LogP contribution in [0.3, 0.4) is 0 Å². The Morgan fingerprint density at radius 3 is 0.765 bits per heavy atom. The summed E-state index contributed by atoms with van der Waals surface area (Å²) in [5.41, 5.74) is 2.42. The second kappa shape index (κ2) is 14.0. The third kappa shape index (κ3) is 7.25. The van der Waals surface area contributed by atoms with Crippen LogP contribution in [0.1, 0.15) is 0 Å². The zero-order valence-corrected chi connectivity index (χ0v) is 22.7. The minimum atomic E-state index is -0.106. The van der Waals surface area contributed by atoms with E-state index in [9.17, 15) is 0 Å². The van der Waals surface area contributed by atoms with E-state index in [1.807, 2.05) is 59.5 Å². The van der Waals surface area contributed by atoms with Crippen LogP contribution in [-0.4, -0.2) is 42.7 Å². The topological polar surface area (TPSA) is 58.6 Å². The molecule has 3 aromatic rings. The molecule has 0 amide bonds. The Morgan fingerprint density at radius 2 is 0.618 bits per heavy atom. The summed E-state index contributed by atoms with van der Waals surface area (Å²) in [6.45, 7) is 0. The predicted octanol–water partition coefficient (Wildman–Crippen LogP) is 6.58. The van der Waals surface area contributed by atoms with E-state index in [1.54, 1.807) is 42.7 Å². The van der Waals surface area contributed by atoms with Crippen LogP contribution in [0.2, 0.25) is 0 Å². The standard InChI is InChI=1S/C24H27NO6.2ClH.Pd/c1-26-19-7-16(8-20(13-19)27-2)25(17-9-21(28-3)14-22(10-17)29-4)18-11-23(30-5)15-24(12-18)31-6;;;/h7-15H,1-6H3;2*1H;/q;;;+2/p-2. The summed E-state index contributed by atoms with van der Waals surface area (Å²) in [6, 6.07) is 17.0. The van der Waals surface area contributed by atoms with Crippen molar-refractivity contribution in [1.29, 1.82) is 0 Å². The number of hydrogen-bond acceptors (Lipinski definition) is 7. The fourth-order valence-electron chi connectivity index (χ4n) is 3.21. The molecule has 0 bridgehead atoms. The molecule has 0 aliphatic carbocycles. The molecule has 0 aliphatic rings. The van der Waals surface area contributed by atoms with Crippen molar-refractivity contribution in [3.63, 3.8) is 0 Å². The van der Waals surface area contributed by atoms with E-state index in [-0.39, 0.29) is 15.9 Å². The van der Waals surface area contributed by atoms with Gasteiger partial charge < -0.3 is 33.3 Å². The number of anilines is 3. The Morgan fingerprint density at radius 1 is 0.441 bits per heavy atom. The van der Waals surface area contributed by atoms with Gasteiger partial charge >= 0.3 is 35.0 Å². The summed E-state index contributed by atoms with van der Waals surface area (Å²) in [5.74, 6) is 3.94. The van der Waals surface area contributed by atoms with Crippen LogP contribution in [0.5, 0.6) is 34.5 Å². The molecule has 0 atom stereocenters. The second-order valence-electron chi connectivity index (χ2n) is 6.59. The number of rotatable bonds is 9. The van der Waals surface area contributed by atoms with Crippen LogP contribution in [0.4, 0.5) is 17.1 Å². The van der Waals surface area contributed by atoms with Gasteiger partial charge in [-0.2, -0.15) is 0 Å². The van der Waals surface area contributed by atoms with Crippen molar-refractivity contribution in [2.75, 3.05) is 47.6 Å². The monoisotopic (exact) mass is 601 g/mol.